The van der Waals surface area contributed by atoms with Crippen LogP contribution < -0.4 is 0 Å². The molecule has 0 radical (unpaired) electrons. The van der Waals surface area contributed by atoms with Crippen molar-refractivity contribution in [3.63, 3.8) is 0 Å². The maximum atomic E-state index is 11.2. The van der Waals surface area contributed by atoms with Gasteiger partial charge in [0.05, 0.1) is 0 Å². The number of rotatable bonds is 4. The molecular formula is C16H16O2. The number of hydrogen-bond acceptors (Lipinski definition) is 2. The van der Waals surface area contributed by atoms with Gasteiger partial charge in [-0.25, -0.2) is 0 Å². The van der Waals surface area contributed by atoms with Crippen LogP contribution >= 0.6 is 0 Å². The van der Waals surface area contributed by atoms with Crippen molar-refractivity contribution in [2.24, 2.45) is 0 Å². The van der Waals surface area contributed by atoms with E-state index < -0.39 is 0 Å². The van der Waals surface area contributed by atoms with Crippen molar-refractivity contribution < 1.29 is 9.53 Å². The molecule has 92 valence electrons. The van der Waals surface area contributed by atoms with Crippen LogP contribution in [0.5, 0.6) is 0 Å². The third kappa shape index (κ3) is 2.59. The van der Waals surface area contributed by atoms with Crippen LogP contribution in [0.1, 0.15) is 25.0 Å². The van der Waals surface area contributed by atoms with Crippen molar-refractivity contribution >= 4 is 16.7 Å². The third-order valence-corrected chi connectivity index (χ3v) is 2.86. The molecule has 0 aliphatic rings. The summed E-state index contributed by atoms with van der Waals surface area (Å²) in [7, 11) is 0. The second-order valence-corrected chi connectivity index (χ2v) is 4.19. The Morgan fingerprint density at radius 2 is 2.00 bits per heavy atom. The minimum atomic E-state index is -0.269. The van der Waals surface area contributed by atoms with Gasteiger partial charge in [-0.3, -0.25) is 4.79 Å². The molecule has 0 aliphatic carbocycles. The van der Waals surface area contributed by atoms with Crippen LogP contribution in [0.3, 0.4) is 0 Å². The van der Waals surface area contributed by atoms with E-state index in [0.29, 0.717) is 6.42 Å². The maximum Gasteiger partial charge on any atom is 0.303 e. The summed E-state index contributed by atoms with van der Waals surface area (Å²) < 4.78 is 5.37. The standard InChI is InChI=1S/C16H16O2/c1-3-7-16(18-12(2)17)15-11-6-9-13-8-4-5-10-14(13)15/h3-6,8-11,16H,1,7H2,2H3. The molecule has 1 atom stereocenters. The smallest absolute Gasteiger partial charge is 0.303 e. The SMILES string of the molecule is C=CCC(OC(C)=O)c1cccc2ccccc12. The molecule has 1 unspecified atom stereocenters. The predicted molar refractivity (Wildman–Crippen MR) is 73.3 cm³/mol. The molecule has 2 nitrogen and oxygen atoms in total. The molecule has 0 spiro atoms. The molecule has 0 heterocycles. The Kier molecular flexibility index (Phi) is 3.78. The van der Waals surface area contributed by atoms with Crippen LogP contribution in [-0.4, -0.2) is 5.97 Å². The number of benzene rings is 2. The van der Waals surface area contributed by atoms with Gasteiger partial charge in [0.25, 0.3) is 0 Å². The molecule has 2 aromatic carbocycles. The number of hydrogen-bond donors (Lipinski definition) is 0. The van der Waals surface area contributed by atoms with Crippen LogP contribution in [-0.2, 0) is 9.53 Å². The second-order valence-electron chi connectivity index (χ2n) is 4.19. The van der Waals surface area contributed by atoms with E-state index in [9.17, 15) is 4.79 Å². The van der Waals surface area contributed by atoms with Gasteiger partial charge in [0, 0.05) is 18.9 Å². The Balaban J connectivity index is 2.49. The van der Waals surface area contributed by atoms with E-state index in [0.717, 1.165) is 16.3 Å². The zero-order chi connectivity index (χ0) is 13.0. The van der Waals surface area contributed by atoms with Gasteiger partial charge in [0.15, 0.2) is 0 Å². The average molecular weight is 240 g/mol. The first-order chi connectivity index (χ1) is 8.72. The summed E-state index contributed by atoms with van der Waals surface area (Å²) in [6.45, 7) is 5.15. The monoisotopic (exact) mass is 240 g/mol. The van der Waals surface area contributed by atoms with Crippen molar-refractivity contribution in [3.05, 3.63) is 60.7 Å². The Hall–Kier alpha value is -2.09. The fraction of sp³-hybridized carbons (Fsp3) is 0.188. The maximum absolute atomic E-state index is 11.2. The molecular weight excluding hydrogens is 224 g/mol. The molecule has 0 amide bonds. The molecule has 0 fully saturated rings. The normalized spacial score (nSPS) is 12.1. The van der Waals surface area contributed by atoms with Crippen molar-refractivity contribution in [1.29, 1.82) is 0 Å². The molecule has 0 N–H and O–H groups in total. The van der Waals surface area contributed by atoms with Gasteiger partial charge < -0.3 is 4.74 Å². The van der Waals surface area contributed by atoms with E-state index in [4.69, 9.17) is 4.74 Å². The van der Waals surface area contributed by atoms with Gasteiger partial charge in [0.1, 0.15) is 6.10 Å². The summed E-state index contributed by atoms with van der Waals surface area (Å²) in [4.78, 5) is 11.2. The lowest BCUT2D eigenvalue weighted by Gasteiger charge is -2.17. The highest BCUT2D eigenvalue weighted by Gasteiger charge is 2.15. The fourth-order valence-electron chi connectivity index (χ4n) is 2.12. The minimum absolute atomic E-state index is 0.258. The van der Waals surface area contributed by atoms with E-state index in [1.165, 1.54) is 6.92 Å². The van der Waals surface area contributed by atoms with Gasteiger partial charge in [-0.2, -0.15) is 0 Å². The zero-order valence-electron chi connectivity index (χ0n) is 10.4. The lowest BCUT2D eigenvalue weighted by molar-refractivity contribution is -0.146. The summed E-state index contributed by atoms with van der Waals surface area (Å²) in [5.41, 5.74) is 1.03. The number of fused-ring (bicyclic) bond motifs is 1. The van der Waals surface area contributed by atoms with Gasteiger partial charge in [-0.1, -0.05) is 48.5 Å². The van der Waals surface area contributed by atoms with Crippen LogP contribution in [0.4, 0.5) is 0 Å². The molecule has 0 saturated heterocycles. The average Bonchev–Trinajstić information content (AvgIpc) is 2.37. The van der Waals surface area contributed by atoms with E-state index >= 15 is 0 Å². The quantitative estimate of drug-likeness (QED) is 0.596. The number of carbonyl (C=O) groups is 1. The van der Waals surface area contributed by atoms with Crippen LogP contribution in [0.25, 0.3) is 10.8 Å². The molecule has 0 bridgehead atoms. The largest absolute Gasteiger partial charge is 0.457 e. The molecule has 2 heteroatoms. The third-order valence-electron chi connectivity index (χ3n) is 2.86. The summed E-state index contributed by atoms with van der Waals surface area (Å²) in [6, 6.07) is 14.1. The molecule has 18 heavy (non-hydrogen) atoms. The molecule has 2 aromatic rings. The second kappa shape index (κ2) is 5.50. The zero-order valence-corrected chi connectivity index (χ0v) is 10.4. The molecule has 2 rings (SSSR count). The van der Waals surface area contributed by atoms with E-state index in [1.807, 2.05) is 30.3 Å². The molecule has 0 saturated carbocycles. The van der Waals surface area contributed by atoms with Crippen molar-refractivity contribution in [3.8, 4) is 0 Å². The highest BCUT2D eigenvalue weighted by Crippen LogP contribution is 2.29. The van der Waals surface area contributed by atoms with Gasteiger partial charge in [-0.15, -0.1) is 6.58 Å². The number of carbonyl (C=O) groups excluding carboxylic acids is 1. The highest BCUT2D eigenvalue weighted by atomic mass is 16.5. The lowest BCUT2D eigenvalue weighted by atomic mass is 9.98. The van der Waals surface area contributed by atoms with Gasteiger partial charge in [-0.05, 0) is 10.8 Å². The first-order valence-corrected chi connectivity index (χ1v) is 5.98. The van der Waals surface area contributed by atoms with E-state index in [-0.39, 0.29) is 12.1 Å². The number of esters is 1. The number of ether oxygens (including phenoxy) is 1. The van der Waals surface area contributed by atoms with Gasteiger partial charge >= 0.3 is 5.97 Å². The van der Waals surface area contributed by atoms with Crippen LogP contribution in [0.2, 0.25) is 0 Å². The van der Waals surface area contributed by atoms with Crippen LogP contribution in [0.15, 0.2) is 55.1 Å². The highest BCUT2D eigenvalue weighted by molar-refractivity contribution is 5.86. The summed E-state index contributed by atoms with van der Waals surface area (Å²) in [5.74, 6) is -0.269. The van der Waals surface area contributed by atoms with Crippen molar-refractivity contribution in [2.75, 3.05) is 0 Å². The lowest BCUT2D eigenvalue weighted by Crippen LogP contribution is -2.08. The summed E-state index contributed by atoms with van der Waals surface area (Å²) >= 11 is 0. The Bertz CT molecular complexity index is 567. The Labute approximate surface area is 107 Å². The fourth-order valence-corrected chi connectivity index (χ4v) is 2.12. The Morgan fingerprint density at radius 3 is 2.72 bits per heavy atom. The van der Waals surface area contributed by atoms with Crippen LogP contribution in [0, 0.1) is 0 Å². The predicted octanol–water partition coefficient (Wildman–Crippen LogP) is 4.02. The van der Waals surface area contributed by atoms with Crippen molar-refractivity contribution in [2.45, 2.75) is 19.4 Å². The minimum Gasteiger partial charge on any atom is -0.457 e. The first kappa shape index (κ1) is 12.4. The summed E-state index contributed by atoms with van der Waals surface area (Å²) in [5, 5.41) is 2.27. The molecule has 0 aromatic heterocycles. The first-order valence-electron chi connectivity index (χ1n) is 5.98. The Morgan fingerprint density at radius 1 is 1.28 bits per heavy atom. The topological polar surface area (TPSA) is 26.3 Å². The molecule has 0 aliphatic heterocycles. The van der Waals surface area contributed by atoms with Crippen molar-refractivity contribution in [1.82, 2.24) is 0 Å². The van der Waals surface area contributed by atoms with E-state index in [1.54, 1.807) is 6.08 Å². The van der Waals surface area contributed by atoms with Gasteiger partial charge in [0.2, 0.25) is 0 Å². The summed E-state index contributed by atoms with van der Waals surface area (Å²) in [6.07, 6.45) is 2.13. The van der Waals surface area contributed by atoms with E-state index in [2.05, 4.69) is 18.7 Å².